The van der Waals surface area contributed by atoms with Gasteiger partial charge in [0.05, 0.1) is 21.4 Å². The molecule has 0 bridgehead atoms. The Labute approximate surface area is 126 Å². The van der Waals surface area contributed by atoms with Gasteiger partial charge in [0.25, 0.3) is 0 Å². The van der Waals surface area contributed by atoms with E-state index in [1.165, 1.54) is 6.07 Å². The highest BCUT2D eigenvalue weighted by molar-refractivity contribution is 9.10. The van der Waals surface area contributed by atoms with Gasteiger partial charge in [-0.1, -0.05) is 19.8 Å². The summed E-state index contributed by atoms with van der Waals surface area (Å²) in [5, 5.41) is 0. The van der Waals surface area contributed by atoms with Gasteiger partial charge in [-0.3, -0.25) is 0 Å². The van der Waals surface area contributed by atoms with E-state index in [2.05, 4.69) is 39.3 Å². The average molecular weight is 348 g/mol. The molecule has 1 heterocycles. The minimum atomic E-state index is -0.292. The summed E-state index contributed by atoms with van der Waals surface area (Å²) in [4.78, 5) is 4.43. The number of halogens is 3. The fraction of sp³-hybridized carbons (Fsp3) is 0.500. The molecule has 0 aliphatic carbocycles. The highest BCUT2D eigenvalue weighted by atomic mass is 79.9. The Kier molecular flexibility index (Phi) is 4.85. The zero-order valence-electron chi connectivity index (χ0n) is 11.1. The molecule has 0 N–H and O–H groups in total. The molecule has 104 valence electrons. The summed E-state index contributed by atoms with van der Waals surface area (Å²) in [6.45, 7) is 4.33. The fourth-order valence-corrected chi connectivity index (χ4v) is 2.87. The molecular formula is C14H17BrClFN2. The van der Waals surface area contributed by atoms with E-state index in [0.717, 1.165) is 30.6 Å². The summed E-state index contributed by atoms with van der Waals surface area (Å²) in [7, 11) is 0. The van der Waals surface area contributed by atoms with Gasteiger partial charge in [0.2, 0.25) is 0 Å². The predicted molar refractivity (Wildman–Crippen MR) is 81.2 cm³/mol. The summed E-state index contributed by atoms with van der Waals surface area (Å²) < 4.78 is 16.2. The molecule has 1 unspecified atom stereocenters. The third-order valence-corrected chi connectivity index (χ3v) is 4.19. The van der Waals surface area contributed by atoms with Crippen LogP contribution in [0.3, 0.4) is 0 Å². The number of aromatic nitrogens is 2. The van der Waals surface area contributed by atoms with Crippen LogP contribution in [-0.4, -0.2) is 9.55 Å². The maximum absolute atomic E-state index is 13.6. The molecule has 19 heavy (non-hydrogen) atoms. The lowest BCUT2D eigenvalue weighted by molar-refractivity contribution is 0.485. The second-order valence-corrected chi connectivity index (χ2v) is 5.90. The second kappa shape index (κ2) is 6.23. The molecule has 2 aromatic rings. The monoisotopic (exact) mass is 346 g/mol. The van der Waals surface area contributed by atoms with Crippen molar-refractivity contribution in [1.82, 2.24) is 9.55 Å². The van der Waals surface area contributed by atoms with Crippen molar-refractivity contribution in [2.24, 2.45) is 0 Å². The van der Waals surface area contributed by atoms with Crippen LogP contribution >= 0.6 is 27.5 Å². The van der Waals surface area contributed by atoms with Crippen LogP contribution < -0.4 is 0 Å². The molecular weight excluding hydrogens is 331 g/mol. The van der Waals surface area contributed by atoms with E-state index in [4.69, 9.17) is 11.6 Å². The summed E-state index contributed by atoms with van der Waals surface area (Å²) in [5.74, 6) is 0.849. The molecule has 5 heteroatoms. The molecule has 0 aliphatic rings. The lowest BCUT2D eigenvalue weighted by atomic mass is 10.1. The molecule has 0 radical (unpaired) electrons. The Balaban J connectivity index is 2.53. The van der Waals surface area contributed by atoms with Crippen molar-refractivity contribution in [3.63, 3.8) is 0 Å². The standard InChI is InChI=1S/C14H17BrClFN2/c1-3-4-5-9(2)19-13-6-10(15)11(17)7-12(13)18-14(19)8-16/h6-7,9H,3-5,8H2,1-2H3. The molecule has 2 rings (SSSR count). The number of benzene rings is 1. The first-order chi connectivity index (χ1) is 9.08. The van der Waals surface area contributed by atoms with Gasteiger partial charge in [-0.15, -0.1) is 11.6 Å². The normalized spacial score (nSPS) is 13.1. The Morgan fingerprint density at radius 3 is 2.84 bits per heavy atom. The van der Waals surface area contributed by atoms with Crippen LogP contribution in [0.2, 0.25) is 0 Å². The van der Waals surface area contributed by atoms with Crippen LogP contribution in [0.4, 0.5) is 4.39 Å². The van der Waals surface area contributed by atoms with Crippen molar-refractivity contribution < 1.29 is 4.39 Å². The smallest absolute Gasteiger partial charge is 0.139 e. The first-order valence-corrected chi connectivity index (χ1v) is 7.83. The van der Waals surface area contributed by atoms with Crippen molar-refractivity contribution in [2.45, 2.75) is 45.0 Å². The Morgan fingerprint density at radius 2 is 2.21 bits per heavy atom. The van der Waals surface area contributed by atoms with E-state index in [1.54, 1.807) is 6.07 Å². The van der Waals surface area contributed by atoms with Crippen LogP contribution in [-0.2, 0) is 5.88 Å². The predicted octanol–water partition coefficient (Wildman–Crippen LogP) is 5.43. The average Bonchev–Trinajstić information content (AvgIpc) is 2.74. The Hall–Kier alpha value is -0.610. The quantitative estimate of drug-likeness (QED) is 0.660. The molecule has 0 saturated heterocycles. The summed E-state index contributed by atoms with van der Waals surface area (Å²) >= 11 is 9.21. The zero-order chi connectivity index (χ0) is 14.0. The number of hydrogen-bond donors (Lipinski definition) is 0. The van der Waals surface area contributed by atoms with Crippen LogP contribution in [0.5, 0.6) is 0 Å². The van der Waals surface area contributed by atoms with Crippen LogP contribution in [0.15, 0.2) is 16.6 Å². The maximum Gasteiger partial charge on any atom is 0.139 e. The fourth-order valence-electron chi connectivity index (χ4n) is 2.36. The second-order valence-electron chi connectivity index (χ2n) is 4.78. The van der Waals surface area contributed by atoms with E-state index in [-0.39, 0.29) is 5.82 Å². The first-order valence-electron chi connectivity index (χ1n) is 6.50. The highest BCUT2D eigenvalue weighted by Crippen LogP contribution is 2.29. The van der Waals surface area contributed by atoms with Gasteiger partial charge in [0, 0.05) is 12.1 Å². The van der Waals surface area contributed by atoms with Crippen molar-refractivity contribution in [3.05, 3.63) is 28.2 Å². The molecule has 0 spiro atoms. The number of rotatable bonds is 5. The SMILES string of the molecule is CCCCC(C)n1c(CCl)nc2cc(F)c(Br)cc21. The zero-order valence-corrected chi connectivity index (χ0v) is 13.4. The van der Waals surface area contributed by atoms with Crippen molar-refractivity contribution in [2.75, 3.05) is 0 Å². The van der Waals surface area contributed by atoms with Crippen molar-refractivity contribution in [1.29, 1.82) is 0 Å². The van der Waals surface area contributed by atoms with Crippen LogP contribution in [0, 0.1) is 5.82 Å². The molecule has 1 atom stereocenters. The molecule has 0 fully saturated rings. The first kappa shape index (κ1) is 14.8. The van der Waals surface area contributed by atoms with Gasteiger partial charge in [-0.2, -0.15) is 0 Å². The Bertz CT molecular complexity index is 582. The van der Waals surface area contributed by atoms with Gasteiger partial charge in [0.1, 0.15) is 11.6 Å². The summed E-state index contributed by atoms with van der Waals surface area (Å²) in [5.41, 5.74) is 1.60. The lowest BCUT2D eigenvalue weighted by Crippen LogP contribution is -2.08. The van der Waals surface area contributed by atoms with Gasteiger partial charge in [-0.05, 0) is 35.3 Å². The molecule has 0 saturated carbocycles. The topological polar surface area (TPSA) is 17.8 Å². The molecule has 0 aliphatic heterocycles. The molecule has 1 aromatic heterocycles. The summed E-state index contributed by atoms with van der Waals surface area (Å²) in [6.07, 6.45) is 3.39. The van der Waals surface area contributed by atoms with E-state index in [1.807, 2.05) is 0 Å². The number of alkyl halides is 1. The highest BCUT2D eigenvalue weighted by Gasteiger charge is 2.16. The van der Waals surface area contributed by atoms with Crippen molar-refractivity contribution in [3.8, 4) is 0 Å². The van der Waals surface area contributed by atoms with E-state index in [0.29, 0.717) is 21.9 Å². The third kappa shape index (κ3) is 2.95. The minimum Gasteiger partial charge on any atom is -0.324 e. The van der Waals surface area contributed by atoms with E-state index >= 15 is 0 Å². The van der Waals surface area contributed by atoms with Crippen LogP contribution in [0.25, 0.3) is 11.0 Å². The summed E-state index contributed by atoms with van der Waals surface area (Å²) in [6, 6.07) is 3.56. The van der Waals surface area contributed by atoms with Crippen LogP contribution in [0.1, 0.15) is 45.0 Å². The Morgan fingerprint density at radius 1 is 1.47 bits per heavy atom. The van der Waals surface area contributed by atoms with E-state index < -0.39 is 0 Å². The number of imidazole rings is 1. The number of fused-ring (bicyclic) bond motifs is 1. The number of unbranched alkanes of at least 4 members (excludes halogenated alkanes) is 1. The largest absolute Gasteiger partial charge is 0.324 e. The van der Waals surface area contributed by atoms with Gasteiger partial charge in [-0.25, -0.2) is 9.37 Å². The van der Waals surface area contributed by atoms with E-state index in [9.17, 15) is 4.39 Å². The molecule has 1 aromatic carbocycles. The lowest BCUT2D eigenvalue weighted by Gasteiger charge is -2.16. The molecule has 2 nitrogen and oxygen atoms in total. The van der Waals surface area contributed by atoms with Gasteiger partial charge in [0.15, 0.2) is 0 Å². The number of nitrogens with zero attached hydrogens (tertiary/aromatic N) is 2. The van der Waals surface area contributed by atoms with Gasteiger partial charge < -0.3 is 4.57 Å². The van der Waals surface area contributed by atoms with Gasteiger partial charge >= 0.3 is 0 Å². The third-order valence-electron chi connectivity index (χ3n) is 3.34. The molecule has 0 amide bonds. The maximum atomic E-state index is 13.6. The van der Waals surface area contributed by atoms with Crippen molar-refractivity contribution >= 4 is 38.6 Å². The number of hydrogen-bond acceptors (Lipinski definition) is 1. The minimum absolute atomic E-state index is 0.292.